The van der Waals surface area contributed by atoms with Crippen molar-refractivity contribution in [1.82, 2.24) is 0 Å². The van der Waals surface area contributed by atoms with Gasteiger partial charge in [0.2, 0.25) is 0 Å². The highest BCUT2D eigenvalue weighted by Gasteiger charge is 2.70. The highest BCUT2D eigenvalue weighted by atomic mass is 16.5. The van der Waals surface area contributed by atoms with Crippen molar-refractivity contribution in [2.75, 3.05) is 21.3 Å². The summed E-state index contributed by atoms with van der Waals surface area (Å²) in [5, 5.41) is 0. The maximum absolute atomic E-state index is 12.4. The minimum Gasteiger partial charge on any atom is -0.497 e. The molecule has 1 aromatic rings. The minimum atomic E-state index is -1.50. The van der Waals surface area contributed by atoms with E-state index in [0.29, 0.717) is 11.3 Å². The van der Waals surface area contributed by atoms with Crippen molar-refractivity contribution in [3.8, 4) is 5.75 Å². The van der Waals surface area contributed by atoms with Gasteiger partial charge in [0, 0.05) is 5.56 Å². The SMILES string of the molecule is COC(=O)C1(C(=O)OC)CC1C(=O)c1ccc(OC)cc1. The Morgan fingerprint density at radius 3 is 1.95 bits per heavy atom. The Morgan fingerprint density at radius 1 is 1.00 bits per heavy atom. The molecule has 1 aliphatic carbocycles. The molecule has 6 heteroatoms. The van der Waals surface area contributed by atoms with Gasteiger partial charge in [0.15, 0.2) is 11.2 Å². The van der Waals surface area contributed by atoms with Crippen molar-refractivity contribution in [3.05, 3.63) is 29.8 Å². The lowest BCUT2D eigenvalue weighted by Gasteiger charge is -2.12. The van der Waals surface area contributed by atoms with Gasteiger partial charge in [0.1, 0.15) is 5.75 Å². The number of ether oxygens (including phenoxy) is 3. The van der Waals surface area contributed by atoms with Crippen LogP contribution in [0.25, 0.3) is 0 Å². The summed E-state index contributed by atoms with van der Waals surface area (Å²) in [5.41, 5.74) is -1.09. The van der Waals surface area contributed by atoms with E-state index in [4.69, 9.17) is 4.74 Å². The van der Waals surface area contributed by atoms with Crippen LogP contribution in [0.2, 0.25) is 0 Å². The second-order valence-corrected chi connectivity index (χ2v) is 4.80. The monoisotopic (exact) mass is 292 g/mol. The normalized spacial score (nSPS) is 18.5. The molecule has 1 aromatic carbocycles. The van der Waals surface area contributed by atoms with Crippen molar-refractivity contribution in [1.29, 1.82) is 0 Å². The zero-order chi connectivity index (χ0) is 15.6. The van der Waals surface area contributed by atoms with Crippen molar-refractivity contribution in [2.24, 2.45) is 11.3 Å². The number of ketones is 1. The van der Waals surface area contributed by atoms with Gasteiger partial charge in [0.05, 0.1) is 27.2 Å². The van der Waals surface area contributed by atoms with E-state index < -0.39 is 23.3 Å². The van der Waals surface area contributed by atoms with Crippen LogP contribution >= 0.6 is 0 Å². The summed E-state index contributed by atoms with van der Waals surface area (Å²) in [6.07, 6.45) is 0.108. The van der Waals surface area contributed by atoms with Crippen molar-refractivity contribution in [3.63, 3.8) is 0 Å². The molecule has 1 fully saturated rings. The lowest BCUT2D eigenvalue weighted by Crippen LogP contribution is -2.32. The second kappa shape index (κ2) is 5.55. The van der Waals surface area contributed by atoms with E-state index in [2.05, 4.69) is 9.47 Å². The van der Waals surface area contributed by atoms with Crippen molar-refractivity contribution >= 4 is 17.7 Å². The van der Waals surface area contributed by atoms with Crippen LogP contribution in [0.3, 0.4) is 0 Å². The van der Waals surface area contributed by atoms with Crippen LogP contribution < -0.4 is 4.74 Å². The van der Waals surface area contributed by atoms with Gasteiger partial charge in [-0.15, -0.1) is 0 Å². The van der Waals surface area contributed by atoms with E-state index in [1.54, 1.807) is 24.3 Å². The zero-order valence-electron chi connectivity index (χ0n) is 12.0. The third kappa shape index (κ3) is 2.37. The van der Waals surface area contributed by atoms with Crippen LogP contribution in [0.5, 0.6) is 5.75 Å². The molecule has 0 saturated heterocycles. The predicted octanol–water partition coefficient (Wildman–Crippen LogP) is 1.23. The molecule has 21 heavy (non-hydrogen) atoms. The third-order valence-electron chi connectivity index (χ3n) is 3.75. The van der Waals surface area contributed by atoms with E-state index in [1.807, 2.05) is 0 Å². The Balaban J connectivity index is 2.24. The first kappa shape index (κ1) is 15.0. The number of esters is 2. The van der Waals surface area contributed by atoms with Crippen LogP contribution in [0.4, 0.5) is 0 Å². The maximum atomic E-state index is 12.4. The molecule has 1 saturated carbocycles. The number of hydrogen-bond donors (Lipinski definition) is 0. The van der Waals surface area contributed by atoms with E-state index in [1.165, 1.54) is 21.3 Å². The number of Topliss-reactive ketones (excluding diaryl/α,β-unsaturated/α-hetero) is 1. The summed E-state index contributed by atoms with van der Waals surface area (Å²) >= 11 is 0. The van der Waals surface area contributed by atoms with E-state index in [9.17, 15) is 14.4 Å². The van der Waals surface area contributed by atoms with Crippen LogP contribution in [-0.2, 0) is 19.1 Å². The van der Waals surface area contributed by atoms with Gasteiger partial charge >= 0.3 is 11.9 Å². The summed E-state index contributed by atoms with van der Waals surface area (Å²) < 4.78 is 14.3. The molecule has 1 unspecified atom stereocenters. The second-order valence-electron chi connectivity index (χ2n) is 4.80. The van der Waals surface area contributed by atoms with Gasteiger partial charge in [-0.2, -0.15) is 0 Å². The molecule has 0 heterocycles. The quantitative estimate of drug-likeness (QED) is 0.461. The molecule has 0 bridgehead atoms. The van der Waals surface area contributed by atoms with Gasteiger partial charge < -0.3 is 14.2 Å². The molecule has 2 rings (SSSR count). The number of hydrogen-bond acceptors (Lipinski definition) is 6. The van der Waals surface area contributed by atoms with Crippen LogP contribution in [0.15, 0.2) is 24.3 Å². The molecule has 1 aliphatic rings. The van der Waals surface area contributed by atoms with Crippen molar-refractivity contribution < 1.29 is 28.6 Å². The van der Waals surface area contributed by atoms with Crippen LogP contribution in [0, 0.1) is 11.3 Å². The summed E-state index contributed by atoms with van der Waals surface area (Å²) in [6, 6.07) is 6.48. The lowest BCUT2D eigenvalue weighted by molar-refractivity contribution is -0.161. The topological polar surface area (TPSA) is 78.9 Å². The molecular weight excluding hydrogens is 276 g/mol. The fourth-order valence-corrected chi connectivity index (χ4v) is 2.43. The fraction of sp³-hybridized carbons (Fsp3) is 0.400. The Hall–Kier alpha value is -2.37. The smallest absolute Gasteiger partial charge is 0.324 e. The Kier molecular flexibility index (Phi) is 3.97. The number of methoxy groups -OCH3 is 3. The van der Waals surface area contributed by atoms with Gasteiger partial charge in [-0.25, -0.2) is 0 Å². The maximum Gasteiger partial charge on any atom is 0.324 e. The molecule has 112 valence electrons. The summed E-state index contributed by atoms with van der Waals surface area (Å²) in [4.78, 5) is 36.1. The molecule has 0 spiro atoms. The number of rotatable bonds is 5. The lowest BCUT2D eigenvalue weighted by atomic mass is 9.98. The van der Waals surface area contributed by atoms with Gasteiger partial charge in [-0.1, -0.05) is 0 Å². The highest BCUT2D eigenvalue weighted by molar-refractivity contribution is 6.13. The number of benzene rings is 1. The first-order chi connectivity index (χ1) is 10.0. The summed E-state index contributed by atoms with van der Waals surface area (Å²) in [5.74, 6) is -1.88. The molecule has 6 nitrogen and oxygen atoms in total. The molecule has 0 aliphatic heterocycles. The molecular formula is C15H16O6. The van der Waals surface area contributed by atoms with E-state index in [0.717, 1.165) is 0 Å². The number of carbonyl (C=O) groups excluding carboxylic acids is 3. The molecule has 1 atom stereocenters. The van der Waals surface area contributed by atoms with E-state index in [-0.39, 0.29) is 12.2 Å². The first-order valence-corrected chi connectivity index (χ1v) is 6.36. The largest absolute Gasteiger partial charge is 0.497 e. The van der Waals surface area contributed by atoms with Gasteiger partial charge in [-0.05, 0) is 30.7 Å². The fourth-order valence-electron chi connectivity index (χ4n) is 2.43. The average Bonchev–Trinajstić information content (AvgIpc) is 3.29. The first-order valence-electron chi connectivity index (χ1n) is 6.36. The number of carbonyl (C=O) groups is 3. The molecule has 0 radical (unpaired) electrons. The summed E-state index contributed by atoms with van der Waals surface area (Å²) in [6.45, 7) is 0. The van der Waals surface area contributed by atoms with Crippen molar-refractivity contribution in [2.45, 2.75) is 6.42 Å². The molecule has 0 N–H and O–H groups in total. The third-order valence-corrected chi connectivity index (χ3v) is 3.75. The van der Waals surface area contributed by atoms with Gasteiger partial charge in [-0.3, -0.25) is 14.4 Å². The summed E-state index contributed by atoms with van der Waals surface area (Å²) in [7, 11) is 3.89. The molecule has 0 amide bonds. The van der Waals surface area contributed by atoms with Crippen LogP contribution in [-0.4, -0.2) is 39.1 Å². The Morgan fingerprint density at radius 2 is 1.52 bits per heavy atom. The highest BCUT2D eigenvalue weighted by Crippen LogP contribution is 2.55. The van der Waals surface area contributed by atoms with E-state index >= 15 is 0 Å². The Bertz CT molecular complexity index is 558. The van der Waals surface area contributed by atoms with Crippen LogP contribution in [0.1, 0.15) is 16.8 Å². The average molecular weight is 292 g/mol. The standard InChI is InChI=1S/C15H16O6/c1-19-10-6-4-9(5-7-10)12(16)11-8-15(11,13(17)20-2)14(18)21-3/h4-7,11H,8H2,1-3H3. The van der Waals surface area contributed by atoms with Gasteiger partial charge in [0.25, 0.3) is 0 Å². The minimum absolute atomic E-state index is 0.108. The molecule has 0 aromatic heterocycles. The zero-order valence-corrected chi connectivity index (χ0v) is 12.0. The Labute approximate surface area is 122 Å². The predicted molar refractivity (Wildman–Crippen MR) is 71.9 cm³/mol.